The lowest BCUT2D eigenvalue weighted by Gasteiger charge is -2.14. The van der Waals surface area contributed by atoms with Crippen LogP contribution >= 0.6 is 11.3 Å². The van der Waals surface area contributed by atoms with Crippen LogP contribution in [0.4, 0.5) is 0 Å². The van der Waals surface area contributed by atoms with Gasteiger partial charge in [-0.1, -0.05) is 0 Å². The quantitative estimate of drug-likeness (QED) is 0.586. The second kappa shape index (κ2) is 7.28. The van der Waals surface area contributed by atoms with Crippen molar-refractivity contribution in [1.82, 2.24) is 10.6 Å². The molecule has 0 aromatic carbocycles. The highest BCUT2D eigenvalue weighted by molar-refractivity contribution is 7.10. The average molecular weight is 307 g/mol. The molecule has 0 aliphatic rings. The molecule has 0 radical (unpaired) electrons. The summed E-state index contributed by atoms with van der Waals surface area (Å²) in [6.45, 7) is 5.01. The van der Waals surface area contributed by atoms with Gasteiger partial charge in [0, 0.05) is 11.9 Å². The number of hydrogen-bond acceptors (Lipinski definition) is 4. The van der Waals surface area contributed by atoms with Crippen molar-refractivity contribution < 1.29 is 9.52 Å². The molecule has 5 nitrogen and oxygen atoms in total. The van der Waals surface area contributed by atoms with E-state index in [-0.39, 0.29) is 0 Å². The smallest absolute Gasteiger partial charge is 0.191 e. The van der Waals surface area contributed by atoms with Crippen molar-refractivity contribution >= 4 is 17.3 Å². The van der Waals surface area contributed by atoms with Crippen LogP contribution in [0.1, 0.15) is 28.1 Å². The van der Waals surface area contributed by atoms with E-state index in [2.05, 4.69) is 34.0 Å². The summed E-state index contributed by atoms with van der Waals surface area (Å²) < 4.78 is 5.40. The number of aliphatic hydroxyl groups is 1. The van der Waals surface area contributed by atoms with E-state index >= 15 is 0 Å². The second-order valence-electron chi connectivity index (χ2n) is 4.80. The fourth-order valence-electron chi connectivity index (χ4n) is 1.90. The van der Waals surface area contributed by atoms with Crippen molar-refractivity contribution in [2.45, 2.75) is 26.5 Å². The van der Waals surface area contributed by atoms with Gasteiger partial charge in [-0.05, 0) is 43.0 Å². The highest BCUT2D eigenvalue weighted by Crippen LogP contribution is 2.16. The summed E-state index contributed by atoms with van der Waals surface area (Å²) in [7, 11) is 1.71. The lowest BCUT2D eigenvalue weighted by molar-refractivity contribution is 0.151. The Kier molecular flexibility index (Phi) is 5.41. The van der Waals surface area contributed by atoms with Crippen LogP contribution in [0.5, 0.6) is 0 Å². The van der Waals surface area contributed by atoms with E-state index in [0.29, 0.717) is 18.3 Å². The van der Waals surface area contributed by atoms with Crippen molar-refractivity contribution in [3.05, 3.63) is 45.5 Å². The van der Waals surface area contributed by atoms with Gasteiger partial charge < -0.3 is 20.2 Å². The van der Waals surface area contributed by atoms with Gasteiger partial charge in [-0.3, -0.25) is 4.99 Å². The van der Waals surface area contributed by atoms with Gasteiger partial charge in [0.25, 0.3) is 0 Å². The number of aliphatic hydroxyl groups excluding tert-OH is 1. The number of aliphatic imine (C=N–C) groups is 1. The summed E-state index contributed by atoms with van der Waals surface area (Å²) >= 11 is 1.72. The Morgan fingerprint density at radius 1 is 1.33 bits per heavy atom. The third-order valence-electron chi connectivity index (χ3n) is 3.16. The average Bonchev–Trinajstić information content (AvgIpc) is 3.08. The topological polar surface area (TPSA) is 69.8 Å². The molecule has 2 rings (SSSR count). The third-order valence-corrected chi connectivity index (χ3v) is 4.18. The van der Waals surface area contributed by atoms with Crippen LogP contribution in [0.3, 0.4) is 0 Å². The van der Waals surface area contributed by atoms with E-state index in [1.807, 2.05) is 13.0 Å². The van der Waals surface area contributed by atoms with E-state index in [0.717, 1.165) is 12.3 Å². The van der Waals surface area contributed by atoms with Crippen molar-refractivity contribution in [2.24, 2.45) is 4.99 Å². The Bertz CT molecular complexity index is 604. The number of furan rings is 1. The van der Waals surface area contributed by atoms with Gasteiger partial charge in [-0.2, -0.15) is 0 Å². The maximum absolute atomic E-state index is 10.0. The number of nitrogens with zero attached hydrogens (tertiary/aromatic N) is 1. The predicted octanol–water partition coefficient (Wildman–Crippen LogP) is 2.36. The van der Waals surface area contributed by atoms with Crippen LogP contribution in [0.25, 0.3) is 0 Å². The van der Waals surface area contributed by atoms with Crippen molar-refractivity contribution in [3.63, 3.8) is 0 Å². The highest BCUT2D eigenvalue weighted by Gasteiger charge is 2.12. The molecule has 0 saturated heterocycles. The molecule has 6 heteroatoms. The fourth-order valence-corrected chi connectivity index (χ4v) is 2.74. The van der Waals surface area contributed by atoms with E-state index in [9.17, 15) is 5.11 Å². The number of nitrogens with one attached hydrogen (secondary N) is 2. The maximum atomic E-state index is 10.0. The zero-order valence-electron chi connectivity index (χ0n) is 12.5. The molecule has 114 valence electrons. The van der Waals surface area contributed by atoms with Crippen LogP contribution in [0.15, 0.2) is 33.0 Å². The lowest BCUT2D eigenvalue weighted by Crippen LogP contribution is -2.38. The fraction of sp³-hybridized carbons (Fsp3) is 0.400. The van der Waals surface area contributed by atoms with Crippen molar-refractivity contribution in [3.8, 4) is 0 Å². The molecule has 0 amide bonds. The summed E-state index contributed by atoms with van der Waals surface area (Å²) in [5.74, 6) is 2.01. The van der Waals surface area contributed by atoms with Gasteiger partial charge in [0.05, 0.1) is 13.1 Å². The highest BCUT2D eigenvalue weighted by atomic mass is 32.1. The Balaban J connectivity index is 1.81. The van der Waals surface area contributed by atoms with E-state index in [4.69, 9.17) is 4.42 Å². The first kappa shape index (κ1) is 15.6. The predicted molar refractivity (Wildman–Crippen MR) is 85.7 cm³/mol. The largest absolute Gasteiger partial charge is 0.464 e. The molecular formula is C15H21N3O2S. The molecule has 0 bridgehead atoms. The molecule has 0 saturated carbocycles. The van der Waals surface area contributed by atoms with Crippen LogP contribution in [-0.2, 0) is 6.54 Å². The molecule has 2 aromatic heterocycles. The molecule has 2 aromatic rings. The molecule has 2 heterocycles. The SMILES string of the molecule is CN=C(NCc1sccc1C)NCC(O)c1ccc(C)o1. The van der Waals surface area contributed by atoms with Gasteiger partial charge in [0.2, 0.25) is 0 Å². The van der Waals surface area contributed by atoms with Gasteiger partial charge >= 0.3 is 0 Å². The van der Waals surface area contributed by atoms with Crippen LogP contribution in [0.2, 0.25) is 0 Å². The number of thiophene rings is 1. The Morgan fingerprint density at radius 3 is 2.71 bits per heavy atom. The van der Waals surface area contributed by atoms with Crippen molar-refractivity contribution in [2.75, 3.05) is 13.6 Å². The van der Waals surface area contributed by atoms with Crippen molar-refractivity contribution in [1.29, 1.82) is 0 Å². The lowest BCUT2D eigenvalue weighted by atomic mass is 10.3. The first-order valence-corrected chi connectivity index (χ1v) is 7.70. The normalized spacial score (nSPS) is 13.2. The second-order valence-corrected chi connectivity index (χ2v) is 5.80. The maximum Gasteiger partial charge on any atom is 0.191 e. The number of rotatable bonds is 5. The Labute approximate surface area is 128 Å². The first-order valence-electron chi connectivity index (χ1n) is 6.82. The molecule has 21 heavy (non-hydrogen) atoms. The standard InChI is InChI=1S/C15H21N3O2S/c1-10-6-7-21-14(10)9-18-15(16-3)17-8-12(19)13-5-4-11(2)20-13/h4-7,12,19H,8-9H2,1-3H3,(H2,16,17,18). The zero-order chi connectivity index (χ0) is 15.2. The van der Waals surface area contributed by atoms with Gasteiger partial charge in [-0.25, -0.2) is 0 Å². The van der Waals surface area contributed by atoms with Gasteiger partial charge in [-0.15, -0.1) is 11.3 Å². The van der Waals surface area contributed by atoms with Crippen LogP contribution in [-0.4, -0.2) is 24.7 Å². The van der Waals surface area contributed by atoms with E-state index in [1.165, 1.54) is 10.4 Å². The molecule has 0 aliphatic carbocycles. The third kappa shape index (κ3) is 4.34. The van der Waals surface area contributed by atoms with E-state index in [1.54, 1.807) is 24.5 Å². The monoisotopic (exact) mass is 307 g/mol. The first-order chi connectivity index (χ1) is 10.1. The van der Waals surface area contributed by atoms with Crippen LogP contribution in [0, 0.1) is 13.8 Å². The molecule has 0 aliphatic heterocycles. The summed E-state index contributed by atoms with van der Waals surface area (Å²) in [5, 5.41) is 18.4. The number of aryl methyl sites for hydroxylation is 2. The minimum Gasteiger partial charge on any atom is -0.464 e. The minimum atomic E-state index is -0.694. The molecule has 0 spiro atoms. The summed E-state index contributed by atoms with van der Waals surface area (Å²) in [5.41, 5.74) is 1.27. The zero-order valence-corrected chi connectivity index (χ0v) is 13.3. The summed E-state index contributed by atoms with van der Waals surface area (Å²) in [6.07, 6.45) is -0.694. The molecular weight excluding hydrogens is 286 g/mol. The Hall–Kier alpha value is -1.79. The number of hydrogen-bond donors (Lipinski definition) is 3. The van der Waals surface area contributed by atoms with E-state index < -0.39 is 6.10 Å². The summed E-state index contributed by atoms with van der Waals surface area (Å²) in [4.78, 5) is 5.42. The van der Waals surface area contributed by atoms with Gasteiger partial charge in [0.15, 0.2) is 5.96 Å². The number of guanidine groups is 1. The Morgan fingerprint density at radius 2 is 2.14 bits per heavy atom. The molecule has 1 atom stereocenters. The minimum absolute atomic E-state index is 0.343. The molecule has 0 fully saturated rings. The molecule has 3 N–H and O–H groups in total. The van der Waals surface area contributed by atoms with Crippen LogP contribution < -0.4 is 10.6 Å². The van der Waals surface area contributed by atoms with Gasteiger partial charge in [0.1, 0.15) is 17.6 Å². The summed E-state index contributed by atoms with van der Waals surface area (Å²) in [6, 6.07) is 5.72. The molecule has 1 unspecified atom stereocenters.